The summed E-state index contributed by atoms with van der Waals surface area (Å²) in [5.41, 5.74) is 1.89. The fourth-order valence-corrected chi connectivity index (χ4v) is 1.62. The molecule has 4 heteroatoms. The second-order valence-electron chi connectivity index (χ2n) is 3.04. The summed E-state index contributed by atoms with van der Waals surface area (Å²) < 4.78 is 0. The minimum Gasteiger partial charge on any atom is -0.384 e. The number of para-hydroxylation sites is 1. The molecule has 0 saturated heterocycles. The van der Waals surface area contributed by atoms with Crippen LogP contribution in [0.3, 0.4) is 0 Å². The van der Waals surface area contributed by atoms with Gasteiger partial charge in [-0.1, -0.05) is 18.2 Å². The Balaban J connectivity index is 0.000000980. The molecule has 2 rings (SSSR count). The van der Waals surface area contributed by atoms with E-state index >= 15 is 0 Å². The van der Waals surface area contributed by atoms with Crippen molar-refractivity contribution in [2.75, 3.05) is 11.9 Å². The molecule has 1 heterocycles. The van der Waals surface area contributed by atoms with E-state index in [1.807, 2.05) is 24.3 Å². The molecule has 0 bridgehead atoms. The van der Waals surface area contributed by atoms with Crippen molar-refractivity contribution in [2.24, 2.45) is 0 Å². The quantitative estimate of drug-likeness (QED) is 0.513. The van der Waals surface area contributed by atoms with Gasteiger partial charge in [-0.15, -0.1) is 24.0 Å². The Morgan fingerprint density at radius 3 is 2.86 bits per heavy atom. The van der Waals surface area contributed by atoms with Crippen LogP contribution >= 0.6 is 24.0 Å². The highest BCUT2D eigenvalue weighted by Crippen LogP contribution is 2.30. The number of rotatable bonds is 2. The zero-order valence-corrected chi connectivity index (χ0v) is 9.73. The molecule has 1 unspecified atom stereocenters. The Morgan fingerprint density at radius 2 is 2.14 bits per heavy atom. The van der Waals surface area contributed by atoms with Gasteiger partial charge in [0.05, 0.1) is 5.92 Å². The van der Waals surface area contributed by atoms with Crippen molar-refractivity contribution in [3.8, 4) is 0 Å². The monoisotopic (exact) mass is 303 g/mol. The molecule has 1 aliphatic heterocycles. The largest absolute Gasteiger partial charge is 0.384 e. The molecule has 1 atom stereocenters. The number of anilines is 1. The van der Waals surface area contributed by atoms with E-state index in [1.165, 1.54) is 0 Å². The van der Waals surface area contributed by atoms with E-state index in [-0.39, 0.29) is 35.7 Å². The van der Waals surface area contributed by atoms with Crippen LogP contribution in [0.1, 0.15) is 11.5 Å². The number of nitrogens with one attached hydrogen (secondary N) is 1. The van der Waals surface area contributed by atoms with Gasteiger partial charge in [0.15, 0.2) is 6.29 Å². The summed E-state index contributed by atoms with van der Waals surface area (Å²) >= 11 is 0. The van der Waals surface area contributed by atoms with Crippen molar-refractivity contribution in [3.63, 3.8) is 0 Å². The topological polar surface area (TPSA) is 46.2 Å². The van der Waals surface area contributed by atoms with Crippen LogP contribution in [0.15, 0.2) is 24.3 Å². The first kappa shape index (κ1) is 11.2. The summed E-state index contributed by atoms with van der Waals surface area (Å²) in [7, 11) is 0. The maximum atomic E-state index is 11.2. The lowest BCUT2D eigenvalue weighted by Crippen LogP contribution is -2.15. The summed E-state index contributed by atoms with van der Waals surface area (Å²) in [6.45, 7) is 0.539. The lowest BCUT2D eigenvalue weighted by Gasteiger charge is -2.02. The number of carbonyl (C=O) groups is 2. The number of hydrogen-bond donors (Lipinski definition) is 1. The third kappa shape index (κ3) is 1.79. The molecule has 0 aromatic heterocycles. The van der Waals surface area contributed by atoms with E-state index in [4.69, 9.17) is 0 Å². The van der Waals surface area contributed by atoms with Crippen LogP contribution in [0, 0.1) is 0 Å². The van der Waals surface area contributed by atoms with E-state index in [2.05, 4.69) is 5.32 Å². The molecule has 0 spiro atoms. The van der Waals surface area contributed by atoms with Crippen LogP contribution in [0.5, 0.6) is 0 Å². The summed E-state index contributed by atoms with van der Waals surface area (Å²) in [4.78, 5) is 21.5. The standard InChI is InChI=1S/C10H9NO2.HI/c12-6-10(13)8-5-11-9-4-2-1-3-7(8)9;/h1-4,6,8,11H,5H2;1H. The van der Waals surface area contributed by atoms with Gasteiger partial charge in [0.1, 0.15) is 0 Å². The fraction of sp³-hybridized carbons (Fsp3) is 0.200. The zero-order valence-electron chi connectivity index (χ0n) is 7.40. The van der Waals surface area contributed by atoms with Crippen molar-refractivity contribution in [3.05, 3.63) is 29.8 Å². The molecule has 74 valence electrons. The third-order valence-corrected chi connectivity index (χ3v) is 2.29. The molecule has 0 amide bonds. The summed E-state index contributed by atoms with van der Waals surface area (Å²) in [6, 6.07) is 7.56. The highest BCUT2D eigenvalue weighted by Gasteiger charge is 2.27. The number of ketones is 1. The average Bonchev–Trinajstić information content (AvgIpc) is 2.60. The lowest BCUT2D eigenvalue weighted by molar-refractivity contribution is -0.130. The van der Waals surface area contributed by atoms with Gasteiger partial charge in [-0.25, -0.2) is 0 Å². The number of halogens is 1. The first-order valence-corrected chi connectivity index (χ1v) is 4.15. The minimum absolute atomic E-state index is 0. The Labute approximate surface area is 98.9 Å². The first-order chi connectivity index (χ1) is 6.33. The van der Waals surface area contributed by atoms with Crippen molar-refractivity contribution in [1.82, 2.24) is 0 Å². The molecular formula is C10H10INO2. The number of benzene rings is 1. The summed E-state index contributed by atoms with van der Waals surface area (Å²) in [5.74, 6) is -0.633. The maximum absolute atomic E-state index is 11.2. The Hall–Kier alpha value is -0.910. The molecule has 1 aromatic rings. The van der Waals surface area contributed by atoms with Crippen LogP contribution in [0.25, 0.3) is 0 Å². The molecule has 0 radical (unpaired) electrons. The second-order valence-corrected chi connectivity index (χ2v) is 3.04. The average molecular weight is 303 g/mol. The van der Waals surface area contributed by atoms with Crippen molar-refractivity contribution in [2.45, 2.75) is 5.92 Å². The highest BCUT2D eigenvalue weighted by atomic mass is 127. The van der Waals surface area contributed by atoms with E-state index in [0.717, 1.165) is 11.3 Å². The van der Waals surface area contributed by atoms with E-state index in [1.54, 1.807) is 0 Å². The van der Waals surface area contributed by atoms with Gasteiger partial charge in [0.2, 0.25) is 5.78 Å². The van der Waals surface area contributed by atoms with Crippen LogP contribution in [-0.4, -0.2) is 18.6 Å². The smallest absolute Gasteiger partial charge is 0.204 e. The van der Waals surface area contributed by atoms with Gasteiger partial charge in [-0.2, -0.15) is 0 Å². The van der Waals surface area contributed by atoms with Crippen molar-refractivity contribution < 1.29 is 9.59 Å². The van der Waals surface area contributed by atoms with E-state index in [9.17, 15) is 9.59 Å². The number of fused-ring (bicyclic) bond motifs is 1. The Morgan fingerprint density at radius 1 is 1.43 bits per heavy atom. The fourth-order valence-electron chi connectivity index (χ4n) is 1.62. The molecule has 0 aliphatic carbocycles. The predicted molar refractivity (Wildman–Crippen MR) is 64.2 cm³/mol. The van der Waals surface area contributed by atoms with E-state index in [0.29, 0.717) is 12.8 Å². The number of aldehydes is 1. The van der Waals surface area contributed by atoms with Crippen molar-refractivity contribution in [1.29, 1.82) is 0 Å². The number of hydrogen-bond acceptors (Lipinski definition) is 3. The molecule has 1 aromatic carbocycles. The van der Waals surface area contributed by atoms with Crippen LogP contribution < -0.4 is 5.32 Å². The van der Waals surface area contributed by atoms with E-state index < -0.39 is 0 Å². The second kappa shape index (κ2) is 4.54. The van der Waals surface area contributed by atoms with Gasteiger partial charge >= 0.3 is 0 Å². The predicted octanol–water partition coefficient (Wildman–Crippen LogP) is 1.58. The first-order valence-electron chi connectivity index (χ1n) is 4.15. The van der Waals surface area contributed by atoms with Gasteiger partial charge in [0.25, 0.3) is 0 Å². The normalized spacial score (nSPS) is 17.6. The molecule has 1 aliphatic rings. The SMILES string of the molecule is I.O=CC(=O)C1CNc2ccccc21. The molecule has 0 saturated carbocycles. The van der Waals surface area contributed by atoms with Crippen LogP contribution in [0.2, 0.25) is 0 Å². The summed E-state index contributed by atoms with van der Waals surface area (Å²) in [5, 5.41) is 3.09. The minimum atomic E-state index is -0.350. The zero-order chi connectivity index (χ0) is 9.26. The third-order valence-electron chi connectivity index (χ3n) is 2.29. The molecular weight excluding hydrogens is 293 g/mol. The molecule has 0 fully saturated rings. The van der Waals surface area contributed by atoms with Crippen LogP contribution in [0.4, 0.5) is 5.69 Å². The Bertz CT molecular complexity index is 365. The lowest BCUT2D eigenvalue weighted by atomic mass is 9.98. The van der Waals surface area contributed by atoms with Crippen LogP contribution in [-0.2, 0) is 9.59 Å². The van der Waals surface area contributed by atoms with Gasteiger partial charge < -0.3 is 5.32 Å². The molecule has 14 heavy (non-hydrogen) atoms. The Kier molecular flexibility index (Phi) is 3.62. The van der Waals surface area contributed by atoms with Gasteiger partial charge in [0, 0.05) is 12.2 Å². The van der Waals surface area contributed by atoms with Gasteiger partial charge in [-0.3, -0.25) is 9.59 Å². The van der Waals surface area contributed by atoms with Gasteiger partial charge in [-0.05, 0) is 11.6 Å². The highest BCUT2D eigenvalue weighted by molar-refractivity contribution is 14.0. The van der Waals surface area contributed by atoms with Crippen molar-refractivity contribution >= 4 is 41.7 Å². The number of carbonyl (C=O) groups excluding carboxylic acids is 2. The molecule has 3 nitrogen and oxygen atoms in total. The number of Topliss-reactive ketones (excluding diaryl/α,β-unsaturated/α-hetero) is 1. The summed E-state index contributed by atoms with van der Waals surface area (Å²) in [6.07, 6.45) is 0.397. The molecule has 1 N–H and O–H groups in total. The maximum Gasteiger partial charge on any atom is 0.204 e.